The Labute approximate surface area is 120 Å². The molecule has 0 radical (unpaired) electrons. The molecule has 110 valence electrons. The van der Waals surface area contributed by atoms with Crippen LogP contribution in [-0.2, 0) is 11.3 Å². The van der Waals surface area contributed by atoms with Crippen molar-refractivity contribution >= 4 is 5.69 Å². The Morgan fingerprint density at radius 3 is 2.90 bits per heavy atom. The summed E-state index contributed by atoms with van der Waals surface area (Å²) in [6.45, 7) is 5.59. The highest BCUT2D eigenvalue weighted by atomic mass is 16.5. The first kappa shape index (κ1) is 12.7. The monoisotopic (exact) mass is 276 g/mol. The molecule has 0 amide bonds. The highest BCUT2D eigenvalue weighted by molar-refractivity contribution is 5.40. The highest BCUT2D eigenvalue weighted by Gasteiger charge is 2.34. The topological polar surface area (TPSA) is 42.3 Å². The summed E-state index contributed by atoms with van der Waals surface area (Å²) in [5.41, 5.74) is 1.17. The van der Waals surface area contributed by atoms with Gasteiger partial charge in [0.05, 0.1) is 24.5 Å². The summed E-state index contributed by atoms with van der Waals surface area (Å²) in [5.74, 6) is 0.849. The van der Waals surface area contributed by atoms with Crippen LogP contribution in [0.15, 0.2) is 12.4 Å². The maximum atomic E-state index is 5.67. The summed E-state index contributed by atoms with van der Waals surface area (Å²) < 4.78 is 7.70. The van der Waals surface area contributed by atoms with E-state index in [4.69, 9.17) is 4.74 Å². The number of fused-ring (bicyclic) bond motifs is 3. The smallest absolute Gasteiger partial charge is 0.0771 e. The van der Waals surface area contributed by atoms with Crippen molar-refractivity contribution < 1.29 is 4.74 Å². The number of hydrogen-bond acceptors (Lipinski definition) is 4. The zero-order valence-corrected chi connectivity index (χ0v) is 12.0. The van der Waals surface area contributed by atoms with Crippen LogP contribution in [0.25, 0.3) is 0 Å². The molecule has 5 heteroatoms. The van der Waals surface area contributed by atoms with Crippen LogP contribution in [0.2, 0.25) is 0 Å². The van der Waals surface area contributed by atoms with Crippen LogP contribution in [0, 0.1) is 5.92 Å². The summed E-state index contributed by atoms with van der Waals surface area (Å²) in [5, 5.41) is 8.16. The average molecular weight is 276 g/mol. The first-order valence-electron chi connectivity index (χ1n) is 8.00. The van der Waals surface area contributed by atoms with Gasteiger partial charge in [-0.1, -0.05) is 0 Å². The summed E-state index contributed by atoms with van der Waals surface area (Å²) in [7, 11) is 0. The van der Waals surface area contributed by atoms with Crippen molar-refractivity contribution in [3.63, 3.8) is 0 Å². The summed E-state index contributed by atoms with van der Waals surface area (Å²) in [6.07, 6.45) is 9.52. The van der Waals surface area contributed by atoms with Crippen molar-refractivity contribution in [2.45, 2.75) is 44.4 Å². The summed E-state index contributed by atoms with van der Waals surface area (Å²) in [4.78, 5) is 2.58. The number of anilines is 1. The Hall–Kier alpha value is -1.07. The molecular weight excluding hydrogens is 252 g/mol. The van der Waals surface area contributed by atoms with Gasteiger partial charge in [0.1, 0.15) is 0 Å². The Bertz CT molecular complexity index is 446. The van der Waals surface area contributed by atoms with Gasteiger partial charge in [-0.25, -0.2) is 0 Å². The van der Waals surface area contributed by atoms with E-state index in [9.17, 15) is 0 Å². The lowest BCUT2D eigenvalue weighted by molar-refractivity contribution is 0.0939. The molecule has 5 rings (SSSR count). The van der Waals surface area contributed by atoms with Crippen LogP contribution < -0.4 is 5.32 Å². The van der Waals surface area contributed by atoms with E-state index in [-0.39, 0.29) is 0 Å². The van der Waals surface area contributed by atoms with Crippen LogP contribution in [0.3, 0.4) is 0 Å². The van der Waals surface area contributed by atoms with Crippen LogP contribution >= 0.6 is 0 Å². The van der Waals surface area contributed by atoms with Gasteiger partial charge >= 0.3 is 0 Å². The van der Waals surface area contributed by atoms with Gasteiger partial charge in [0.15, 0.2) is 0 Å². The molecule has 0 spiro atoms. The SMILES string of the molecule is c1nn(CC2CCCO2)cc1NC1CN2CCC1CC2. The third-order valence-electron chi connectivity index (χ3n) is 5.06. The van der Waals surface area contributed by atoms with Gasteiger partial charge in [-0.15, -0.1) is 0 Å². The number of nitrogens with one attached hydrogen (secondary N) is 1. The van der Waals surface area contributed by atoms with Gasteiger partial charge < -0.3 is 15.0 Å². The van der Waals surface area contributed by atoms with Gasteiger partial charge in [0.2, 0.25) is 0 Å². The molecule has 0 saturated carbocycles. The number of nitrogens with zero attached hydrogens (tertiary/aromatic N) is 3. The van der Waals surface area contributed by atoms with Crippen LogP contribution in [0.4, 0.5) is 5.69 Å². The van der Waals surface area contributed by atoms with Crippen molar-refractivity contribution in [3.8, 4) is 0 Å². The second-order valence-electron chi connectivity index (χ2n) is 6.47. The van der Waals surface area contributed by atoms with Crippen LogP contribution in [0.5, 0.6) is 0 Å². The first-order valence-corrected chi connectivity index (χ1v) is 8.00. The van der Waals surface area contributed by atoms with Crippen molar-refractivity contribution in [1.82, 2.24) is 14.7 Å². The molecule has 5 nitrogen and oxygen atoms in total. The van der Waals surface area contributed by atoms with Crippen molar-refractivity contribution in [2.24, 2.45) is 5.92 Å². The molecule has 5 heterocycles. The molecular formula is C15H24N4O. The quantitative estimate of drug-likeness (QED) is 0.906. The zero-order chi connectivity index (χ0) is 13.4. The molecule has 1 N–H and O–H groups in total. The van der Waals surface area contributed by atoms with Gasteiger partial charge in [-0.3, -0.25) is 4.68 Å². The molecule has 2 atom stereocenters. The van der Waals surface area contributed by atoms with E-state index in [2.05, 4.69) is 21.5 Å². The molecule has 1 aromatic heterocycles. The number of piperidine rings is 3. The zero-order valence-electron chi connectivity index (χ0n) is 12.0. The van der Waals surface area contributed by atoms with E-state index in [1.807, 2.05) is 10.9 Å². The maximum Gasteiger partial charge on any atom is 0.0771 e. The van der Waals surface area contributed by atoms with E-state index in [1.165, 1.54) is 51.0 Å². The summed E-state index contributed by atoms with van der Waals surface area (Å²) in [6, 6.07) is 0.609. The van der Waals surface area contributed by atoms with E-state index in [0.717, 1.165) is 19.1 Å². The normalized spacial score (nSPS) is 36.4. The van der Waals surface area contributed by atoms with E-state index in [0.29, 0.717) is 12.1 Å². The van der Waals surface area contributed by atoms with Gasteiger partial charge in [-0.2, -0.15) is 5.10 Å². The lowest BCUT2D eigenvalue weighted by atomic mass is 9.84. The van der Waals surface area contributed by atoms with Gasteiger partial charge in [0, 0.05) is 25.4 Å². The van der Waals surface area contributed by atoms with E-state index in [1.54, 1.807) is 0 Å². The Kier molecular flexibility index (Phi) is 3.40. The fraction of sp³-hybridized carbons (Fsp3) is 0.800. The number of ether oxygens (including phenoxy) is 1. The predicted octanol–water partition coefficient (Wildman–Crippen LogP) is 1.57. The Balaban J connectivity index is 1.36. The second kappa shape index (κ2) is 5.37. The molecule has 2 unspecified atom stereocenters. The third-order valence-corrected chi connectivity index (χ3v) is 5.06. The molecule has 1 aromatic rings. The second-order valence-corrected chi connectivity index (χ2v) is 6.47. The lowest BCUT2D eigenvalue weighted by Gasteiger charge is -2.45. The van der Waals surface area contributed by atoms with Crippen molar-refractivity contribution in [1.29, 1.82) is 0 Å². The fourth-order valence-corrected chi connectivity index (χ4v) is 3.88. The van der Waals surface area contributed by atoms with Crippen molar-refractivity contribution in [3.05, 3.63) is 12.4 Å². The fourth-order valence-electron chi connectivity index (χ4n) is 3.88. The average Bonchev–Trinajstić information content (AvgIpc) is 3.13. The predicted molar refractivity (Wildman–Crippen MR) is 77.8 cm³/mol. The van der Waals surface area contributed by atoms with E-state index >= 15 is 0 Å². The molecule has 0 aromatic carbocycles. The first-order chi connectivity index (χ1) is 9.87. The van der Waals surface area contributed by atoms with E-state index < -0.39 is 0 Å². The minimum Gasteiger partial charge on any atom is -0.378 e. The molecule has 4 fully saturated rings. The maximum absolute atomic E-state index is 5.67. The molecule has 0 aliphatic carbocycles. The lowest BCUT2D eigenvalue weighted by Crippen LogP contribution is -2.53. The molecule has 4 aliphatic rings. The third kappa shape index (κ3) is 2.56. The summed E-state index contributed by atoms with van der Waals surface area (Å²) >= 11 is 0. The standard InChI is InChI=1S/C15H24N4O/c1-2-14(20-7-1)10-19-9-13(8-16-19)17-15-11-18-5-3-12(15)4-6-18/h8-9,12,14-15,17H,1-7,10-11H2. The molecule has 20 heavy (non-hydrogen) atoms. The minimum atomic E-state index is 0.361. The Morgan fingerprint density at radius 2 is 2.20 bits per heavy atom. The number of aromatic nitrogens is 2. The number of rotatable bonds is 4. The largest absolute Gasteiger partial charge is 0.378 e. The van der Waals surface area contributed by atoms with Crippen molar-refractivity contribution in [2.75, 3.05) is 31.6 Å². The van der Waals surface area contributed by atoms with Crippen LogP contribution in [-0.4, -0.2) is 53.1 Å². The van der Waals surface area contributed by atoms with Crippen LogP contribution in [0.1, 0.15) is 25.7 Å². The molecule has 4 saturated heterocycles. The molecule has 4 aliphatic heterocycles. The number of hydrogen-bond donors (Lipinski definition) is 1. The van der Waals surface area contributed by atoms with Gasteiger partial charge in [0.25, 0.3) is 0 Å². The minimum absolute atomic E-state index is 0.361. The Morgan fingerprint density at radius 1 is 1.30 bits per heavy atom. The molecule has 2 bridgehead atoms. The highest BCUT2D eigenvalue weighted by Crippen LogP contribution is 2.29. The van der Waals surface area contributed by atoms with Gasteiger partial charge in [-0.05, 0) is 44.7 Å².